The molecule has 7 heteroatoms. The summed E-state index contributed by atoms with van der Waals surface area (Å²) in [6, 6.07) is 5.34. The molecule has 2 heterocycles. The van der Waals surface area contributed by atoms with Gasteiger partial charge in [-0.1, -0.05) is 6.07 Å². The molecule has 1 aliphatic heterocycles. The molecule has 0 saturated heterocycles. The number of hydrogen-bond acceptors (Lipinski definition) is 4. The second kappa shape index (κ2) is 6.38. The summed E-state index contributed by atoms with van der Waals surface area (Å²) in [4.78, 5) is 19.8. The van der Waals surface area contributed by atoms with E-state index >= 15 is 0 Å². The van der Waals surface area contributed by atoms with Gasteiger partial charge in [0, 0.05) is 17.8 Å². The molecule has 1 aliphatic rings. The first-order chi connectivity index (χ1) is 10.7. The molecule has 0 bridgehead atoms. The van der Waals surface area contributed by atoms with Crippen molar-refractivity contribution in [2.75, 3.05) is 11.9 Å². The molecule has 2 aromatic rings. The van der Waals surface area contributed by atoms with Crippen LogP contribution in [0, 0.1) is 5.82 Å². The third kappa shape index (κ3) is 3.30. The fourth-order valence-electron chi connectivity index (χ4n) is 2.37. The van der Waals surface area contributed by atoms with Crippen molar-refractivity contribution in [3.05, 3.63) is 48.2 Å². The number of nitrogens with zero attached hydrogens (tertiary/aromatic N) is 2. The number of benzene rings is 1. The number of urea groups is 1. The van der Waals surface area contributed by atoms with Crippen LogP contribution in [0.3, 0.4) is 0 Å². The molecule has 0 aliphatic carbocycles. The molecule has 3 rings (SSSR count). The van der Waals surface area contributed by atoms with Gasteiger partial charge in [0.05, 0.1) is 12.6 Å². The van der Waals surface area contributed by atoms with Crippen LogP contribution in [0.4, 0.5) is 15.0 Å². The van der Waals surface area contributed by atoms with Crippen molar-refractivity contribution in [3.8, 4) is 5.75 Å². The maximum atomic E-state index is 13.3. The van der Waals surface area contributed by atoms with Gasteiger partial charge in [0.15, 0.2) is 0 Å². The molecule has 2 amide bonds. The number of carbonyl (C=O) groups excluding carboxylic acids is 1. The highest BCUT2D eigenvalue weighted by atomic mass is 19.1. The van der Waals surface area contributed by atoms with Crippen molar-refractivity contribution in [1.82, 2.24) is 15.3 Å². The molecule has 1 atom stereocenters. The Morgan fingerprint density at radius 3 is 3.09 bits per heavy atom. The van der Waals surface area contributed by atoms with Crippen LogP contribution in [-0.4, -0.2) is 22.6 Å². The van der Waals surface area contributed by atoms with E-state index in [1.807, 2.05) is 0 Å². The van der Waals surface area contributed by atoms with Crippen LogP contribution in [0.1, 0.15) is 24.4 Å². The summed E-state index contributed by atoms with van der Waals surface area (Å²) in [7, 11) is 0. The third-order valence-electron chi connectivity index (χ3n) is 3.37. The van der Waals surface area contributed by atoms with Gasteiger partial charge in [0.2, 0.25) is 0 Å². The highest BCUT2D eigenvalue weighted by molar-refractivity contribution is 5.88. The summed E-state index contributed by atoms with van der Waals surface area (Å²) >= 11 is 0. The maximum Gasteiger partial charge on any atom is 0.320 e. The van der Waals surface area contributed by atoms with E-state index in [1.165, 1.54) is 18.5 Å². The van der Waals surface area contributed by atoms with Gasteiger partial charge in [-0.05, 0) is 25.0 Å². The molecule has 6 nitrogen and oxygen atoms in total. The zero-order valence-electron chi connectivity index (χ0n) is 11.8. The quantitative estimate of drug-likeness (QED) is 0.894. The van der Waals surface area contributed by atoms with Gasteiger partial charge in [-0.15, -0.1) is 0 Å². The fourth-order valence-corrected chi connectivity index (χ4v) is 2.37. The maximum absolute atomic E-state index is 13.3. The number of ether oxygens (including phenoxy) is 1. The Kier molecular flexibility index (Phi) is 4.13. The second-order valence-corrected chi connectivity index (χ2v) is 4.92. The minimum atomic E-state index is -0.374. The molecule has 0 fully saturated rings. The number of anilines is 1. The normalized spacial score (nSPS) is 16.9. The highest BCUT2D eigenvalue weighted by Crippen LogP contribution is 2.32. The molecule has 0 spiro atoms. The minimum Gasteiger partial charge on any atom is -0.493 e. The summed E-state index contributed by atoms with van der Waals surface area (Å²) < 4.78 is 18.8. The molecular weight excluding hydrogens is 287 g/mol. The summed E-state index contributed by atoms with van der Waals surface area (Å²) in [5.41, 5.74) is 0.775. The summed E-state index contributed by atoms with van der Waals surface area (Å²) in [5.74, 6) is 0.534. The van der Waals surface area contributed by atoms with Gasteiger partial charge in [-0.3, -0.25) is 5.32 Å². The van der Waals surface area contributed by atoms with Gasteiger partial charge in [0.25, 0.3) is 0 Å². The Balaban J connectivity index is 1.73. The zero-order valence-corrected chi connectivity index (χ0v) is 11.8. The van der Waals surface area contributed by atoms with E-state index in [-0.39, 0.29) is 17.9 Å². The van der Waals surface area contributed by atoms with E-state index in [9.17, 15) is 9.18 Å². The lowest BCUT2D eigenvalue weighted by Gasteiger charge is -2.18. The number of aromatic nitrogens is 2. The van der Waals surface area contributed by atoms with Crippen LogP contribution in [0.15, 0.2) is 36.8 Å². The average molecular weight is 302 g/mol. The van der Waals surface area contributed by atoms with E-state index in [0.29, 0.717) is 18.2 Å². The lowest BCUT2D eigenvalue weighted by molar-refractivity contribution is 0.247. The topological polar surface area (TPSA) is 76.1 Å². The van der Waals surface area contributed by atoms with Crippen LogP contribution in [0.5, 0.6) is 5.75 Å². The monoisotopic (exact) mass is 302 g/mol. The Morgan fingerprint density at radius 1 is 1.36 bits per heavy atom. The number of fused-ring (bicyclic) bond motifs is 1. The van der Waals surface area contributed by atoms with Gasteiger partial charge in [-0.2, -0.15) is 0 Å². The number of hydrogen-bond donors (Lipinski definition) is 2. The first-order valence-corrected chi connectivity index (χ1v) is 6.98. The highest BCUT2D eigenvalue weighted by Gasteiger charge is 2.22. The third-order valence-corrected chi connectivity index (χ3v) is 3.37. The molecular formula is C15H15FN4O2. The molecule has 114 valence electrons. The SMILES string of the molecule is O=C(Nc1ccncn1)NC1CCCOc2cc(F)ccc21. The first-order valence-electron chi connectivity index (χ1n) is 6.98. The van der Waals surface area contributed by atoms with E-state index in [0.717, 1.165) is 18.4 Å². The van der Waals surface area contributed by atoms with Crippen LogP contribution < -0.4 is 15.4 Å². The van der Waals surface area contributed by atoms with E-state index in [4.69, 9.17) is 4.74 Å². The van der Waals surface area contributed by atoms with Crippen molar-refractivity contribution in [1.29, 1.82) is 0 Å². The smallest absolute Gasteiger partial charge is 0.320 e. The molecule has 22 heavy (non-hydrogen) atoms. The van der Waals surface area contributed by atoms with E-state index in [1.54, 1.807) is 18.3 Å². The Bertz CT molecular complexity index is 666. The van der Waals surface area contributed by atoms with Gasteiger partial charge < -0.3 is 10.1 Å². The first kappa shape index (κ1) is 14.2. The van der Waals surface area contributed by atoms with Crippen molar-refractivity contribution < 1.29 is 13.9 Å². The summed E-state index contributed by atoms with van der Waals surface area (Å²) in [5, 5.41) is 5.51. The second-order valence-electron chi connectivity index (χ2n) is 4.92. The molecule has 0 radical (unpaired) electrons. The van der Waals surface area contributed by atoms with Gasteiger partial charge in [0.1, 0.15) is 23.7 Å². The lowest BCUT2D eigenvalue weighted by Crippen LogP contribution is -2.32. The number of halogens is 1. The molecule has 1 unspecified atom stereocenters. The number of carbonyl (C=O) groups is 1. The largest absolute Gasteiger partial charge is 0.493 e. The Morgan fingerprint density at radius 2 is 2.27 bits per heavy atom. The summed E-state index contributed by atoms with van der Waals surface area (Å²) in [6.45, 7) is 0.502. The van der Waals surface area contributed by atoms with Gasteiger partial charge >= 0.3 is 6.03 Å². The van der Waals surface area contributed by atoms with Gasteiger partial charge in [-0.25, -0.2) is 19.2 Å². The van der Waals surface area contributed by atoms with Crippen molar-refractivity contribution >= 4 is 11.8 Å². The van der Waals surface area contributed by atoms with Crippen LogP contribution >= 0.6 is 0 Å². The van der Waals surface area contributed by atoms with Crippen molar-refractivity contribution in [2.45, 2.75) is 18.9 Å². The average Bonchev–Trinajstić information content (AvgIpc) is 2.70. The fraction of sp³-hybridized carbons (Fsp3) is 0.267. The van der Waals surface area contributed by atoms with Crippen LogP contribution in [0.25, 0.3) is 0 Å². The zero-order chi connectivity index (χ0) is 15.4. The number of amides is 2. The molecule has 2 N–H and O–H groups in total. The van der Waals surface area contributed by atoms with Crippen LogP contribution in [-0.2, 0) is 0 Å². The predicted molar refractivity (Wildman–Crippen MR) is 78.1 cm³/mol. The Labute approximate surface area is 126 Å². The Hall–Kier alpha value is -2.70. The molecule has 1 aromatic carbocycles. The summed E-state index contributed by atoms with van der Waals surface area (Å²) in [6.07, 6.45) is 4.39. The minimum absolute atomic E-state index is 0.236. The van der Waals surface area contributed by atoms with E-state index < -0.39 is 0 Å². The lowest BCUT2D eigenvalue weighted by atomic mass is 10.0. The van der Waals surface area contributed by atoms with Crippen molar-refractivity contribution in [2.24, 2.45) is 0 Å². The molecule has 0 saturated carbocycles. The standard InChI is InChI=1S/C15H15FN4O2/c16-10-3-4-11-12(2-1-7-22-13(11)8-10)19-15(21)20-14-5-6-17-9-18-14/h3-6,8-9,12H,1-2,7H2,(H2,17,18,19,20,21). The van der Waals surface area contributed by atoms with E-state index in [2.05, 4.69) is 20.6 Å². The van der Waals surface area contributed by atoms with Crippen molar-refractivity contribution in [3.63, 3.8) is 0 Å². The number of nitrogens with one attached hydrogen (secondary N) is 2. The number of rotatable bonds is 2. The molecule has 1 aromatic heterocycles. The predicted octanol–water partition coefficient (Wildman–Crippen LogP) is 2.65. The van der Waals surface area contributed by atoms with Crippen LogP contribution in [0.2, 0.25) is 0 Å².